The lowest BCUT2D eigenvalue weighted by atomic mass is 9.85. The third kappa shape index (κ3) is 7.48. The summed E-state index contributed by atoms with van der Waals surface area (Å²) in [5, 5.41) is 0. The van der Waals surface area contributed by atoms with Gasteiger partial charge in [0.1, 0.15) is 5.92 Å². The lowest BCUT2D eigenvalue weighted by molar-refractivity contribution is -0.148. The minimum atomic E-state index is -0.714. The molecule has 1 aromatic carbocycles. The first-order chi connectivity index (χ1) is 11.6. The monoisotopic (exact) mass is 367 g/mol. The molecular weight excluding hydrogens is 335 g/mol. The van der Waals surface area contributed by atoms with E-state index in [0.29, 0.717) is 18.6 Å². The summed E-state index contributed by atoms with van der Waals surface area (Å²) in [4.78, 5) is 25.5. The van der Waals surface area contributed by atoms with Crippen molar-refractivity contribution in [2.75, 3.05) is 6.61 Å². The summed E-state index contributed by atoms with van der Waals surface area (Å²) in [5.41, 5.74) is 3.65. The number of aryl methyl sites for hydroxylation is 3. The number of Topliss-reactive ketones (excluding diaryl/α,β-unsaturated/α-hetero) is 1. The van der Waals surface area contributed by atoms with Gasteiger partial charge in [0.25, 0.3) is 0 Å². The Morgan fingerprint density at radius 2 is 1.44 bits per heavy atom. The van der Waals surface area contributed by atoms with Gasteiger partial charge in [-0.25, -0.2) is 0 Å². The average molecular weight is 367 g/mol. The van der Waals surface area contributed by atoms with Crippen molar-refractivity contribution in [3.05, 3.63) is 34.4 Å². The number of hydrogen-bond acceptors (Lipinski definition) is 4. The zero-order valence-corrected chi connectivity index (χ0v) is 17.7. The van der Waals surface area contributed by atoms with Gasteiger partial charge in [-0.2, -0.15) is 0 Å². The molecule has 5 heteroatoms. The van der Waals surface area contributed by atoms with E-state index in [-0.39, 0.29) is 17.6 Å². The number of ketones is 1. The average Bonchev–Trinajstić information content (AvgIpc) is 2.50. The third-order valence-corrected chi connectivity index (χ3v) is 3.79. The molecule has 0 aromatic heterocycles. The van der Waals surface area contributed by atoms with Crippen LogP contribution in [0.4, 0.5) is 0 Å². The van der Waals surface area contributed by atoms with Gasteiger partial charge in [0.15, 0.2) is 5.78 Å². The first-order valence-electron chi connectivity index (χ1n) is 8.65. The Hall–Kier alpha value is -1.54. The summed E-state index contributed by atoms with van der Waals surface area (Å²) < 4.78 is 13.5. The van der Waals surface area contributed by atoms with E-state index in [9.17, 15) is 9.59 Å². The maximum atomic E-state index is 13.0. The smallest absolute Gasteiger partial charge is 0.316 e. The lowest BCUT2D eigenvalue weighted by Gasteiger charge is -2.20. The van der Waals surface area contributed by atoms with E-state index < -0.39 is 11.9 Å². The summed E-state index contributed by atoms with van der Waals surface area (Å²) in [6, 6.07) is 3.98. The fourth-order valence-electron chi connectivity index (χ4n) is 2.87. The molecule has 0 heterocycles. The van der Waals surface area contributed by atoms with Gasteiger partial charge in [-0.05, 0) is 50.2 Å². The zero-order valence-electron chi connectivity index (χ0n) is 16.5. The van der Waals surface area contributed by atoms with Crippen molar-refractivity contribution in [1.82, 2.24) is 0 Å². The van der Waals surface area contributed by atoms with Crippen molar-refractivity contribution in [3.8, 4) is 0 Å². The molecule has 0 spiro atoms. The number of rotatable bonds is 7. The molecule has 0 saturated heterocycles. The standard InChI is InChI=1S/C20H30O3.H2OP/c1-12(2)8-17(20(22)23-11-13(3)4)19(21)18-15(6)9-14(5)10-16(18)7;1-2/h9-10,12-13,17H,8,11H2,1-7H3;2H2/q;+1. The van der Waals surface area contributed by atoms with E-state index in [1.54, 1.807) is 0 Å². The Balaban J connectivity index is 0.00000277. The van der Waals surface area contributed by atoms with Gasteiger partial charge < -0.3 is 4.74 Å². The van der Waals surface area contributed by atoms with Crippen LogP contribution in [-0.4, -0.2) is 18.4 Å². The predicted molar refractivity (Wildman–Crippen MR) is 104 cm³/mol. The highest BCUT2D eigenvalue weighted by atomic mass is 31.0. The maximum absolute atomic E-state index is 13.0. The second kappa shape index (κ2) is 11.1. The Morgan fingerprint density at radius 3 is 1.84 bits per heavy atom. The first-order valence-corrected chi connectivity index (χ1v) is 9.12. The van der Waals surface area contributed by atoms with Crippen LogP contribution < -0.4 is 0 Å². The van der Waals surface area contributed by atoms with Crippen molar-refractivity contribution >= 4 is 20.9 Å². The SMILES string of the molecule is Cc1cc(C)c(C(=O)C(CC(C)C)C(=O)OCC(C)C)c(C)c1.O=[PH2+]. The molecule has 0 aliphatic rings. The Bertz CT molecular complexity index is 570. The van der Waals surface area contributed by atoms with Crippen LogP contribution in [0.15, 0.2) is 12.1 Å². The van der Waals surface area contributed by atoms with Crippen molar-refractivity contribution in [1.29, 1.82) is 0 Å². The van der Waals surface area contributed by atoms with Gasteiger partial charge in [0, 0.05) is 5.56 Å². The first kappa shape index (κ1) is 23.5. The predicted octanol–water partition coefficient (Wildman–Crippen LogP) is 4.86. The van der Waals surface area contributed by atoms with Gasteiger partial charge >= 0.3 is 15.1 Å². The van der Waals surface area contributed by atoms with Gasteiger partial charge in [-0.3, -0.25) is 9.59 Å². The number of benzene rings is 1. The molecule has 0 radical (unpaired) electrons. The van der Waals surface area contributed by atoms with Crippen LogP contribution >= 0.6 is 9.12 Å². The number of ether oxygens (including phenoxy) is 1. The maximum Gasteiger partial charge on any atom is 0.316 e. The van der Waals surface area contributed by atoms with Gasteiger partial charge in [0.05, 0.1) is 6.61 Å². The molecule has 0 aliphatic carbocycles. The Morgan fingerprint density at radius 1 is 0.960 bits per heavy atom. The largest absolute Gasteiger partial charge is 0.465 e. The molecule has 0 saturated carbocycles. The molecule has 0 amide bonds. The van der Waals surface area contributed by atoms with Crippen LogP contribution in [-0.2, 0) is 14.1 Å². The Kier molecular flexibility index (Phi) is 10.5. The van der Waals surface area contributed by atoms with E-state index in [4.69, 9.17) is 9.30 Å². The van der Waals surface area contributed by atoms with Crippen LogP contribution in [0.25, 0.3) is 0 Å². The van der Waals surface area contributed by atoms with E-state index in [0.717, 1.165) is 16.7 Å². The number of carbonyl (C=O) groups is 2. The minimum absolute atomic E-state index is 0.109. The quantitative estimate of drug-likeness (QED) is 0.299. The van der Waals surface area contributed by atoms with Crippen LogP contribution in [0.5, 0.6) is 0 Å². The highest BCUT2D eigenvalue weighted by molar-refractivity contribution is 7.00. The normalized spacial score (nSPS) is 11.7. The molecule has 4 nitrogen and oxygen atoms in total. The van der Waals surface area contributed by atoms with Gasteiger partial charge in [-0.1, -0.05) is 50.0 Å². The van der Waals surface area contributed by atoms with E-state index in [2.05, 4.69) is 0 Å². The molecule has 0 N–H and O–H groups in total. The highest BCUT2D eigenvalue weighted by Gasteiger charge is 2.31. The van der Waals surface area contributed by atoms with Crippen LogP contribution in [0, 0.1) is 38.5 Å². The zero-order chi connectivity index (χ0) is 19.7. The van der Waals surface area contributed by atoms with Crippen LogP contribution in [0.3, 0.4) is 0 Å². The molecule has 140 valence electrons. The minimum Gasteiger partial charge on any atom is -0.465 e. The molecule has 25 heavy (non-hydrogen) atoms. The molecule has 2 atom stereocenters. The molecule has 1 aromatic rings. The third-order valence-electron chi connectivity index (χ3n) is 3.79. The van der Waals surface area contributed by atoms with Crippen molar-refractivity contribution in [2.24, 2.45) is 17.8 Å². The summed E-state index contributed by atoms with van der Waals surface area (Å²) >= 11 is 0. The molecule has 1 rings (SSSR count). The summed E-state index contributed by atoms with van der Waals surface area (Å²) in [6.45, 7) is 14.2. The molecule has 2 unspecified atom stereocenters. The topological polar surface area (TPSA) is 60.4 Å². The number of hydrogen-bond donors (Lipinski definition) is 0. The van der Waals surface area contributed by atoms with Crippen LogP contribution in [0.2, 0.25) is 0 Å². The van der Waals surface area contributed by atoms with Gasteiger partial charge in [-0.15, -0.1) is 0 Å². The van der Waals surface area contributed by atoms with Gasteiger partial charge in [0.2, 0.25) is 0 Å². The number of esters is 1. The fourth-order valence-corrected chi connectivity index (χ4v) is 2.87. The molecule has 0 bridgehead atoms. The second-order valence-corrected chi connectivity index (χ2v) is 7.34. The van der Waals surface area contributed by atoms with Crippen molar-refractivity contribution in [2.45, 2.75) is 54.9 Å². The van der Waals surface area contributed by atoms with E-state index in [1.165, 1.54) is 9.12 Å². The van der Waals surface area contributed by atoms with Crippen molar-refractivity contribution < 1.29 is 18.9 Å². The highest BCUT2D eigenvalue weighted by Crippen LogP contribution is 2.25. The summed E-state index contributed by atoms with van der Waals surface area (Å²) in [5.74, 6) is -0.703. The van der Waals surface area contributed by atoms with E-state index >= 15 is 0 Å². The molecule has 0 fully saturated rings. The fraction of sp³-hybridized carbons (Fsp3) is 0.600. The summed E-state index contributed by atoms with van der Waals surface area (Å²) in [7, 11) is 1.17. The summed E-state index contributed by atoms with van der Waals surface area (Å²) in [6.07, 6.45) is 0.516. The lowest BCUT2D eigenvalue weighted by Crippen LogP contribution is -2.29. The van der Waals surface area contributed by atoms with Crippen LogP contribution in [0.1, 0.15) is 61.2 Å². The number of carbonyl (C=O) groups excluding carboxylic acids is 2. The molecule has 0 aliphatic heterocycles. The molecular formula is C20H32O4P+. The Labute approximate surface area is 154 Å². The second-order valence-electron chi connectivity index (χ2n) is 7.34. The van der Waals surface area contributed by atoms with Crippen molar-refractivity contribution in [3.63, 3.8) is 0 Å². The van der Waals surface area contributed by atoms with E-state index in [1.807, 2.05) is 60.6 Å².